The predicted octanol–water partition coefficient (Wildman–Crippen LogP) is 1.76. The van der Waals surface area contributed by atoms with Crippen molar-refractivity contribution < 1.29 is 19.7 Å². The second-order valence-electron chi connectivity index (χ2n) is 8.29. The van der Waals surface area contributed by atoms with Crippen LogP contribution in [0.5, 0.6) is 0 Å². The average molecular weight is 306 g/mol. The van der Waals surface area contributed by atoms with Gasteiger partial charge in [-0.3, -0.25) is 0 Å². The Bertz CT molecular complexity index is 529. The number of rotatable bonds is 3. The molecule has 22 heavy (non-hydrogen) atoms. The van der Waals surface area contributed by atoms with Gasteiger partial charge in [0.2, 0.25) is 0 Å². The van der Waals surface area contributed by atoms with Crippen molar-refractivity contribution in [1.82, 2.24) is 0 Å². The minimum absolute atomic E-state index is 0.0814. The van der Waals surface area contributed by atoms with Crippen LogP contribution in [0.15, 0.2) is 12.2 Å². The quantitative estimate of drug-likeness (QED) is 0.474. The van der Waals surface area contributed by atoms with Crippen molar-refractivity contribution in [2.45, 2.75) is 45.3 Å². The lowest BCUT2D eigenvalue weighted by atomic mass is 9.56. The third-order valence-electron chi connectivity index (χ3n) is 7.47. The number of esters is 1. The van der Waals surface area contributed by atoms with Crippen LogP contribution >= 0.6 is 0 Å². The van der Waals surface area contributed by atoms with Crippen LogP contribution in [0.2, 0.25) is 0 Å². The molecule has 4 nitrogen and oxygen atoms in total. The number of aliphatic hydroxyl groups is 2. The summed E-state index contributed by atoms with van der Waals surface area (Å²) in [5, 5.41) is 20.8. The molecule has 0 heterocycles. The third kappa shape index (κ3) is 1.58. The molecule has 4 aliphatic carbocycles. The Labute approximate surface area is 131 Å². The number of hydrogen-bond acceptors (Lipinski definition) is 4. The van der Waals surface area contributed by atoms with Gasteiger partial charge in [0.05, 0.1) is 18.8 Å². The second-order valence-corrected chi connectivity index (χ2v) is 8.29. The zero-order valence-corrected chi connectivity index (χ0v) is 13.4. The number of carbonyl (C=O) groups excluding carboxylic acids is 1. The van der Waals surface area contributed by atoms with Gasteiger partial charge in [0.15, 0.2) is 0 Å². The molecule has 4 saturated carbocycles. The normalized spacial score (nSPS) is 54.5. The van der Waals surface area contributed by atoms with Crippen LogP contribution < -0.4 is 0 Å². The Morgan fingerprint density at radius 3 is 2.64 bits per heavy atom. The molecule has 0 aromatic heterocycles. The van der Waals surface area contributed by atoms with Crippen LogP contribution in [0.3, 0.4) is 0 Å². The van der Waals surface area contributed by atoms with Crippen molar-refractivity contribution in [2.75, 3.05) is 6.61 Å². The lowest BCUT2D eigenvalue weighted by Gasteiger charge is -2.50. The lowest BCUT2D eigenvalue weighted by Crippen LogP contribution is -2.55. The third-order valence-corrected chi connectivity index (χ3v) is 7.47. The summed E-state index contributed by atoms with van der Waals surface area (Å²) in [6.07, 6.45) is 1.98. The van der Waals surface area contributed by atoms with Crippen molar-refractivity contribution in [3.63, 3.8) is 0 Å². The van der Waals surface area contributed by atoms with Gasteiger partial charge in [0, 0.05) is 11.0 Å². The minimum atomic E-state index is -0.653. The van der Waals surface area contributed by atoms with Gasteiger partial charge in [-0.1, -0.05) is 13.5 Å². The molecule has 4 bridgehead atoms. The maximum absolute atomic E-state index is 11.9. The number of aliphatic hydroxyl groups excluding tert-OH is 2. The topological polar surface area (TPSA) is 66.8 Å². The van der Waals surface area contributed by atoms with Crippen molar-refractivity contribution >= 4 is 5.97 Å². The average Bonchev–Trinajstić information content (AvgIpc) is 3.15. The fourth-order valence-electron chi connectivity index (χ4n) is 6.75. The Hall–Kier alpha value is -0.870. The van der Waals surface area contributed by atoms with Gasteiger partial charge in [-0.2, -0.15) is 0 Å². The summed E-state index contributed by atoms with van der Waals surface area (Å²) in [4.78, 5) is 11.9. The molecule has 4 heteroatoms. The maximum atomic E-state index is 11.9. The fourth-order valence-corrected chi connectivity index (χ4v) is 6.75. The first-order valence-electron chi connectivity index (χ1n) is 8.56. The monoisotopic (exact) mass is 306 g/mol. The van der Waals surface area contributed by atoms with Crippen molar-refractivity contribution in [2.24, 2.45) is 40.9 Å². The molecule has 122 valence electrons. The number of ether oxygens (including phenoxy) is 1. The van der Waals surface area contributed by atoms with Crippen molar-refractivity contribution in [3.05, 3.63) is 12.2 Å². The van der Waals surface area contributed by atoms with E-state index in [1.165, 1.54) is 6.42 Å². The van der Waals surface area contributed by atoms with Crippen LogP contribution in [0.1, 0.15) is 33.1 Å². The molecular weight excluding hydrogens is 280 g/mol. The molecule has 4 aliphatic rings. The van der Waals surface area contributed by atoms with Gasteiger partial charge in [-0.25, -0.2) is 4.79 Å². The Morgan fingerprint density at radius 1 is 1.23 bits per heavy atom. The van der Waals surface area contributed by atoms with Crippen LogP contribution in [0, 0.1) is 40.9 Å². The van der Waals surface area contributed by atoms with E-state index in [-0.39, 0.29) is 23.2 Å². The summed E-state index contributed by atoms with van der Waals surface area (Å²) >= 11 is 0. The summed E-state index contributed by atoms with van der Waals surface area (Å²) < 4.78 is 5.58. The van der Waals surface area contributed by atoms with E-state index in [1.807, 2.05) is 0 Å². The van der Waals surface area contributed by atoms with Gasteiger partial charge < -0.3 is 14.9 Å². The summed E-state index contributed by atoms with van der Waals surface area (Å²) in [5.41, 5.74) is 0.319. The minimum Gasteiger partial charge on any atom is -0.462 e. The first-order valence-corrected chi connectivity index (χ1v) is 8.56. The summed E-state index contributed by atoms with van der Waals surface area (Å²) in [6, 6.07) is 0. The first kappa shape index (κ1) is 14.7. The molecule has 9 atom stereocenters. The van der Waals surface area contributed by atoms with Crippen LogP contribution in [0.25, 0.3) is 0 Å². The smallest absolute Gasteiger partial charge is 0.333 e. The molecule has 0 aromatic carbocycles. The molecule has 0 radical (unpaired) electrons. The SMILES string of the molecule is C=C(C)C(=O)OCC12C3CC(C)C(C3)C1C1CC2C(O)C1O. The van der Waals surface area contributed by atoms with E-state index in [0.717, 1.165) is 12.8 Å². The van der Waals surface area contributed by atoms with E-state index in [1.54, 1.807) is 6.92 Å². The standard InChI is InChI=1S/C18H26O4/c1-8(2)17(21)22-7-18-10-4-9(3)11(5-10)14(18)12-6-13(18)16(20)15(12)19/h9-16,19-20H,1,4-7H2,2-3H3. The van der Waals surface area contributed by atoms with E-state index < -0.39 is 12.2 Å². The Balaban J connectivity index is 1.66. The largest absolute Gasteiger partial charge is 0.462 e. The molecule has 0 amide bonds. The summed E-state index contributed by atoms with van der Waals surface area (Å²) in [7, 11) is 0. The summed E-state index contributed by atoms with van der Waals surface area (Å²) in [6.45, 7) is 8.02. The molecule has 4 fully saturated rings. The molecule has 0 spiro atoms. The van der Waals surface area contributed by atoms with Gasteiger partial charge in [0.25, 0.3) is 0 Å². The van der Waals surface area contributed by atoms with E-state index >= 15 is 0 Å². The summed E-state index contributed by atoms with van der Waals surface area (Å²) in [5.74, 6) is 2.16. The molecular formula is C18H26O4. The van der Waals surface area contributed by atoms with Crippen LogP contribution in [-0.4, -0.2) is 35.0 Å². The highest BCUT2D eigenvalue weighted by Gasteiger charge is 2.74. The molecule has 0 saturated heterocycles. The van der Waals surface area contributed by atoms with E-state index in [0.29, 0.717) is 35.9 Å². The van der Waals surface area contributed by atoms with E-state index in [2.05, 4.69) is 13.5 Å². The molecule has 0 aliphatic heterocycles. The predicted molar refractivity (Wildman–Crippen MR) is 80.7 cm³/mol. The van der Waals surface area contributed by atoms with Gasteiger partial charge in [0.1, 0.15) is 0 Å². The molecule has 0 aromatic rings. The van der Waals surface area contributed by atoms with Gasteiger partial charge in [-0.15, -0.1) is 0 Å². The lowest BCUT2D eigenvalue weighted by molar-refractivity contribution is -0.164. The highest BCUT2D eigenvalue weighted by molar-refractivity contribution is 5.86. The first-order chi connectivity index (χ1) is 10.4. The molecule has 9 unspecified atom stereocenters. The molecule has 4 rings (SSSR count). The Morgan fingerprint density at radius 2 is 1.95 bits per heavy atom. The highest BCUT2D eigenvalue weighted by atomic mass is 16.5. The Kier molecular flexibility index (Phi) is 3.06. The van der Waals surface area contributed by atoms with Crippen LogP contribution in [-0.2, 0) is 9.53 Å². The van der Waals surface area contributed by atoms with Gasteiger partial charge >= 0.3 is 5.97 Å². The van der Waals surface area contributed by atoms with Gasteiger partial charge in [-0.05, 0) is 61.7 Å². The van der Waals surface area contributed by atoms with Crippen LogP contribution in [0.4, 0.5) is 0 Å². The van der Waals surface area contributed by atoms with E-state index in [9.17, 15) is 15.0 Å². The molecule has 2 N–H and O–H groups in total. The number of carbonyl (C=O) groups is 1. The zero-order chi connectivity index (χ0) is 15.8. The van der Waals surface area contributed by atoms with E-state index in [4.69, 9.17) is 4.74 Å². The number of hydrogen-bond donors (Lipinski definition) is 2. The fraction of sp³-hybridized carbons (Fsp3) is 0.833. The van der Waals surface area contributed by atoms with Crippen molar-refractivity contribution in [1.29, 1.82) is 0 Å². The zero-order valence-electron chi connectivity index (χ0n) is 13.4. The van der Waals surface area contributed by atoms with Crippen molar-refractivity contribution in [3.8, 4) is 0 Å². The number of fused-ring (bicyclic) bond motifs is 9. The maximum Gasteiger partial charge on any atom is 0.333 e. The highest BCUT2D eigenvalue weighted by Crippen LogP contribution is 2.75. The second kappa shape index (κ2) is 4.57.